The third kappa shape index (κ3) is 8.77. The second kappa shape index (κ2) is 12.1. The molecule has 0 aliphatic heterocycles. The first kappa shape index (κ1) is 26.8. The van der Waals surface area contributed by atoms with E-state index in [1.165, 1.54) is 12.1 Å². The van der Waals surface area contributed by atoms with Gasteiger partial charge in [-0.2, -0.15) is 0 Å². The Morgan fingerprint density at radius 1 is 1.03 bits per heavy atom. The summed E-state index contributed by atoms with van der Waals surface area (Å²) in [6.45, 7) is 4.52. The molecule has 0 aliphatic carbocycles. The number of rotatable bonds is 11. The summed E-state index contributed by atoms with van der Waals surface area (Å²) in [5.74, 6) is 0. The predicted molar refractivity (Wildman–Crippen MR) is 124 cm³/mol. The van der Waals surface area contributed by atoms with E-state index in [0.29, 0.717) is 0 Å². The standard InChI is InChI=1S/C24H33NO7S/c1-24(2,3)32-23(28)25-21(17-31-16-18-10-6-4-7-11-18)22(14-19(27)15-26)33(29,30)20-12-8-5-9-13-20/h4-13,19,21-22,26-27H,14-17H2,1-3H3,(H,25,28)/t19-,21-,22?/m0/s1. The molecule has 0 spiro atoms. The van der Waals surface area contributed by atoms with Crippen molar-refractivity contribution in [3.63, 3.8) is 0 Å². The molecule has 9 heteroatoms. The van der Waals surface area contributed by atoms with Gasteiger partial charge in [0, 0.05) is 0 Å². The van der Waals surface area contributed by atoms with Crippen molar-refractivity contribution in [2.24, 2.45) is 0 Å². The zero-order valence-corrected chi connectivity index (χ0v) is 20.0. The van der Waals surface area contributed by atoms with Crippen molar-refractivity contribution in [2.45, 2.75) is 61.7 Å². The van der Waals surface area contributed by atoms with Crippen LogP contribution in [0, 0.1) is 0 Å². The van der Waals surface area contributed by atoms with Crippen LogP contribution in [0.5, 0.6) is 0 Å². The van der Waals surface area contributed by atoms with E-state index >= 15 is 0 Å². The van der Waals surface area contributed by atoms with Crippen LogP contribution in [0.25, 0.3) is 0 Å². The molecule has 33 heavy (non-hydrogen) atoms. The molecule has 0 aliphatic rings. The van der Waals surface area contributed by atoms with E-state index in [-0.39, 0.29) is 24.5 Å². The van der Waals surface area contributed by atoms with E-state index in [9.17, 15) is 23.4 Å². The second-order valence-electron chi connectivity index (χ2n) is 8.72. The number of aliphatic hydroxyl groups is 2. The van der Waals surface area contributed by atoms with Crippen LogP contribution in [-0.4, -0.2) is 60.9 Å². The number of nitrogens with one attached hydrogen (secondary N) is 1. The van der Waals surface area contributed by atoms with E-state index in [0.717, 1.165) is 5.56 Å². The van der Waals surface area contributed by atoms with Crippen LogP contribution in [0.4, 0.5) is 4.79 Å². The van der Waals surface area contributed by atoms with E-state index < -0.39 is 45.5 Å². The van der Waals surface area contributed by atoms with E-state index in [1.54, 1.807) is 39.0 Å². The summed E-state index contributed by atoms with van der Waals surface area (Å²) in [7, 11) is -4.01. The highest BCUT2D eigenvalue weighted by Crippen LogP contribution is 2.23. The number of sulfone groups is 1. The Hall–Kier alpha value is -2.46. The van der Waals surface area contributed by atoms with Crippen LogP contribution in [0.2, 0.25) is 0 Å². The molecule has 0 fully saturated rings. The quantitative estimate of drug-likeness (QED) is 0.453. The molecule has 1 amide bonds. The van der Waals surface area contributed by atoms with Gasteiger partial charge in [0.1, 0.15) is 5.60 Å². The van der Waals surface area contributed by atoms with Crippen LogP contribution in [-0.2, 0) is 25.9 Å². The van der Waals surface area contributed by atoms with Crippen molar-refractivity contribution in [1.29, 1.82) is 0 Å². The number of aliphatic hydroxyl groups excluding tert-OH is 2. The van der Waals surface area contributed by atoms with Gasteiger partial charge in [-0.3, -0.25) is 0 Å². The Labute approximate surface area is 195 Å². The van der Waals surface area contributed by atoms with E-state index in [2.05, 4.69) is 5.32 Å². The van der Waals surface area contributed by atoms with Gasteiger partial charge in [-0.25, -0.2) is 13.2 Å². The molecule has 0 radical (unpaired) electrons. The molecule has 2 aromatic carbocycles. The smallest absolute Gasteiger partial charge is 0.407 e. The lowest BCUT2D eigenvalue weighted by molar-refractivity contribution is 0.0389. The molecule has 2 rings (SSSR count). The first-order valence-electron chi connectivity index (χ1n) is 10.7. The first-order valence-corrected chi connectivity index (χ1v) is 12.3. The molecule has 0 aromatic heterocycles. The van der Waals surface area contributed by atoms with E-state index in [1.807, 2.05) is 30.3 Å². The number of hydrogen-bond acceptors (Lipinski definition) is 7. The van der Waals surface area contributed by atoms with Crippen molar-refractivity contribution in [3.05, 3.63) is 66.2 Å². The third-order valence-corrected chi connectivity index (χ3v) is 6.99. The van der Waals surface area contributed by atoms with Gasteiger partial charge in [0.05, 0.1) is 42.1 Å². The highest BCUT2D eigenvalue weighted by Gasteiger charge is 2.38. The van der Waals surface area contributed by atoms with Crippen LogP contribution in [0.15, 0.2) is 65.6 Å². The average molecular weight is 480 g/mol. The Bertz CT molecular complexity index is 959. The average Bonchev–Trinajstić information content (AvgIpc) is 2.76. The summed E-state index contributed by atoms with van der Waals surface area (Å²) < 4.78 is 38.1. The van der Waals surface area contributed by atoms with Gasteiger partial charge >= 0.3 is 6.09 Å². The Kier molecular flexibility index (Phi) is 9.85. The maximum atomic E-state index is 13.5. The fourth-order valence-corrected chi connectivity index (χ4v) is 5.15. The van der Waals surface area contributed by atoms with Crippen molar-refractivity contribution in [1.82, 2.24) is 5.32 Å². The van der Waals surface area contributed by atoms with Gasteiger partial charge in [-0.05, 0) is 44.9 Å². The molecule has 3 N–H and O–H groups in total. The van der Waals surface area contributed by atoms with Gasteiger partial charge in [0.25, 0.3) is 0 Å². The van der Waals surface area contributed by atoms with Gasteiger partial charge in [0.15, 0.2) is 9.84 Å². The summed E-state index contributed by atoms with van der Waals surface area (Å²) in [4.78, 5) is 12.6. The van der Waals surface area contributed by atoms with Crippen LogP contribution >= 0.6 is 0 Å². The lowest BCUT2D eigenvalue weighted by atomic mass is 10.1. The third-order valence-electron chi connectivity index (χ3n) is 4.75. The molecule has 3 atom stereocenters. The number of ether oxygens (including phenoxy) is 2. The van der Waals surface area contributed by atoms with Crippen LogP contribution in [0.1, 0.15) is 32.8 Å². The number of amides is 1. The minimum Gasteiger partial charge on any atom is -0.444 e. The highest BCUT2D eigenvalue weighted by atomic mass is 32.2. The Balaban J connectivity index is 2.34. The molecule has 1 unspecified atom stereocenters. The van der Waals surface area contributed by atoms with Gasteiger partial charge < -0.3 is 25.0 Å². The van der Waals surface area contributed by atoms with Gasteiger partial charge in [-0.15, -0.1) is 0 Å². The zero-order valence-electron chi connectivity index (χ0n) is 19.2. The normalized spacial score (nSPS) is 14.8. The largest absolute Gasteiger partial charge is 0.444 e. The summed E-state index contributed by atoms with van der Waals surface area (Å²) >= 11 is 0. The number of hydrogen-bond donors (Lipinski definition) is 3. The number of benzene rings is 2. The molecule has 2 aromatic rings. The molecule has 0 bridgehead atoms. The zero-order chi connectivity index (χ0) is 24.5. The Morgan fingerprint density at radius 2 is 1.61 bits per heavy atom. The maximum absolute atomic E-state index is 13.5. The van der Waals surface area contributed by atoms with Gasteiger partial charge in [0.2, 0.25) is 0 Å². The minimum absolute atomic E-state index is 0.0409. The number of carbonyl (C=O) groups excluding carboxylic acids is 1. The van der Waals surface area contributed by atoms with Crippen LogP contribution < -0.4 is 5.32 Å². The highest BCUT2D eigenvalue weighted by molar-refractivity contribution is 7.92. The predicted octanol–water partition coefficient (Wildman–Crippen LogP) is 2.68. The van der Waals surface area contributed by atoms with Crippen molar-refractivity contribution < 1.29 is 32.9 Å². The summed E-state index contributed by atoms with van der Waals surface area (Å²) in [5.41, 5.74) is 0.0872. The lowest BCUT2D eigenvalue weighted by Gasteiger charge is -2.30. The fourth-order valence-electron chi connectivity index (χ4n) is 3.21. The molecule has 182 valence electrons. The molecular formula is C24H33NO7S. The first-order chi connectivity index (χ1) is 15.5. The monoisotopic (exact) mass is 479 g/mol. The summed E-state index contributed by atoms with van der Waals surface area (Å²) in [5, 5.41) is 20.8. The fraction of sp³-hybridized carbons (Fsp3) is 0.458. The van der Waals surface area contributed by atoms with Crippen LogP contribution in [0.3, 0.4) is 0 Å². The Morgan fingerprint density at radius 3 is 2.15 bits per heavy atom. The van der Waals surface area contributed by atoms with Crippen molar-refractivity contribution in [3.8, 4) is 0 Å². The maximum Gasteiger partial charge on any atom is 0.407 e. The second-order valence-corrected chi connectivity index (χ2v) is 10.9. The molecular weight excluding hydrogens is 446 g/mol. The summed E-state index contributed by atoms with van der Waals surface area (Å²) in [6.07, 6.45) is -2.41. The molecule has 8 nitrogen and oxygen atoms in total. The minimum atomic E-state index is -4.01. The van der Waals surface area contributed by atoms with Crippen molar-refractivity contribution in [2.75, 3.05) is 13.2 Å². The van der Waals surface area contributed by atoms with E-state index in [4.69, 9.17) is 9.47 Å². The molecule has 0 saturated carbocycles. The van der Waals surface area contributed by atoms with Gasteiger partial charge in [-0.1, -0.05) is 48.5 Å². The number of alkyl carbamates (subject to hydrolysis) is 1. The summed E-state index contributed by atoms with van der Waals surface area (Å²) in [6, 6.07) is 16.0. The number of carbonyl (C=O) groups is 1. The molecule has 0 heterocycles. The SMILES string of the molecule is CC(C)(C)OC(=O)N[C@@H](COCc1ccccc1)C(C[C@H](O)CO)S(=O)(=O)c1ccccc1. The lowest BCUT2D eigenvalue weighted by Crippen LogP contribution is -2.52. The molecule has 0 saturated heterocycles. The van der Waals surface area contributed by atoms with Crippen molar-refractivity contribution >= 4 is 15.9 Å². The topological polar surface area (TPSA) is 122 Å².